The fourth-order valence-corrected chi connectivity index (χ4v) is 2.09. The van der Waals surface area contributed by atoms with Gasteiger partial charge in [-0.2, -0.15) is 0 Å². The minimum Gasteiger partial charge on any atom is -0.390 e. The monoisotopic (exact) mass is 171 g/mol. The molecule has 0 amide bonds. The third-order valence-electron chi connectivity index (χ3n) is 3.04. The van der Waals surface area contributed by atoms with Gasteiger partial charge < -0.3 is 10.0 Å². The maximum absolute atomic E-state index is 9.95. The molecule has 0 saturated heterocycles. The van der Waals surface area contributed by atoms with Crippen molar-refractivity contribution in [3.8, 4) is 0 Å². The molecular weight excluding hydrogens is 150 g/mol. The van der Waals surface area contributed by atoms with Gasteiger partial charge in [-0.05, 0) is 52.7 Å². The van der Waals surface area contributed by atoms with Gasteiger partial charge in [0.1, 0.15) is 0 Å². The predicted molar refractivity (Wildman–Crippen MR) is 51.1 cm³/mol. The van der Waals surface area contributed by atoms with E-state index in [-0.39, 0.29) is 5.60 Å². The number of aliphatic hydroxyl groups is 1. The Hall–Kier alpha value is -0.0800. The molecule has 2 atom stereocenters. The normalized spacial score (nSPS) is 36.2. The number of nitrogens with zero attached hydrogens (tertiary/aromatic N) is 1. The third-order valence-corrected chi connectivity index (χ3v) is 3.04. The Bertz CT molecular complexity index is 143. The Kier molecular flexibility index (Phi) is 3.13. The van der Waals surface area contributed by atoms with E-state index in [9.17, 15) is 5.11 Å². The van der Waals surface area contributed by atoms with Crippen LogP contribution in [0.2, 0.25) is 0 Å². The molecule has 1 fully saturated rings. The van der Waals surface area contributed by atoms with Gasteiger partial charge in [-0.1, -0.05) is 6.42 Å². The first kappa shape index (κ1) is 10.0. The summed E-state index contributed by atoms with van der Waals surface area (Å²) in [6, 6.07) is 0. The van der Waals surface area contributed by atoms with Crippen molar-refractivity contribution >= 4 is 0 Å². The van der Waals surface area contributed by atoms with Crippen LogP contribution >= 0.6 is 0 Å². The van der Waals surface area contributed by atoms with Gasteiger partial charge in [0.05, 0.1) is 5.60 Å². The summed E-state index contributed by atoms with van der Waals surface area (Å²) in [5, 5.41) is 9.95. The summed E-state index contributed by atoms with van der Waals surface area (Å²) in [7, 11) is 4.17. The standard InChI is InChI=1S/C10H21NO/c1-10(12)7-4-5-9(10)6-8-11(2)3/h9,12H,4-8H2,1-3H3/t9-,10+/m0/s1. The molecule has 0 aromatic heterocycles. The van der Waals surface area contributed by atoms with Gasteiger partial charge in [-0.15, -0.1) is 0 Å². The smallest absolute Gasteiger partial charge is 0.0648 e. The zero-order valence-corrected chi connectivity index (χ0v) is 8.51. The molecule has 72 valence electrons. The van der Waals surface area contributed by atoms with E-state index in [0.29, 0.717) is 5.92 Å². The molecule has 1 N–H and O–H groups in total. The third kappa shape index (κ3) is 2.46. The molecule has 0 aliphatic heterocycles. The summed E-state index contributed by atoms with van der Waals surface area (Å²) < 4.78 is 0. The minimum atomic E-state index is -0.379. The zero-order valence-electron chi connectivity index (χ0n) is 8.51. The van der Waals surface area contributed by atoms with E-state index in [0.717, 1.165) is 19.4 Å². The van der Waals surface area contributed by atoms with Gasteiger partial charge in [0.2, 0.25) is 0 Å². The molecule has 1 aliphatic rings. The molecule has 2 heteroatoms. The molecule has 0 heterocycles. The molecule has 2 nitrogen and oxygen atoms in total. The van der Waals surface area contributed by atoms with E-state index in [2.05, 4.69) is 19.0 Å². The fraction of sp³-hybridized carbons (Fsp3) is 1.00. The number of rotatable bonds is 3. The molecule has 1 aliphatic carbocycles. The van der Waals surface area contributed by atoms with Crippen LogP contribution in [-0.4, -0.2) is 36.2 Å². The Morgan fingerprint density at radius 3 is 2.58 bits per heavy atom. The van der Waals surface area contributed by atoms with E-state index in [1.54, 1.807) is 0 Å². The first-order valence-electron chi connectivity index (χ1n) is 4.89. The highest BCUT2D eigenvalue weighted by Crippen LogP contribution is 2.37. The van der Waals surface area contributed by atoms with E-state index in [1.807, 2.05) is 6.92 Å². The highest BCUT2D eigenvalue weighted by molar-refractivity contribution is 4.88. The van der Waals surface area contributed by atoms with E-state index in [4.69, 9.17) is 0 Å². The zero-order chi connectivity index (χ0) is 9.19. The van der Waals surface area contributed by atoms with Gasteiger partial charge in [0.25, 0.3) is 0 Å². The van der Waals surface area contributed by atoms with E-state index >= 15 is 0 Å². The minimum absolute atomic E-state index is 0.379. The molecule has 1 rings (SSSR count). The second-order valence-electron chi connectivity index (χ2n) is 4.54. The Balaban J connectivity index is 2.32. The van der Waals surface area contributed by atoms with Crippen LogP contribution in [0.5, 0.6) is 0 Å². The number of hydrogen-bond acceptors (Lipinski definition) is 2. The summed E-state index contributed by atoms with van der Waals surface area (Å²) >= 11 is 0. The molecule has 0 radical (unpaired) electrons. The average Bonchev–Trinajstić information content (AvgIpc) is 2.25. The lowest BCUT2D eigenvalue weighted by molar-refractivity contribution is 0.0156. The van der Waals surface area contributed by atoms with Gasteiger partial charge in [-0.25, -0.2) is 0 Å². The van der Waals surface area contributed by atoms with Crippen LogP contribution in [0.15, 0.2) is 0 Å². The van der Waals surface area contributed by atoms with E-state index < -0.39 is 0 Å². The average molecular weight is 171 g/mol. The van der Waals surface area contributed by atoms with Crippen LogP contribution in [0.25, 0.3) is 0 Å². The van der Waals surface area contributed by atoms with Crippen molar-refractivity contribution in [1.82, 2.24) is 4.90 Å². The Labute approximate surface area is 75.6 Å². The molecule has 0 bridgehead atoms. The van der Waals surface area contributed by atoms with E-state index in [1.165, 1.54) is 12.8 Å². The van der Waals surface area contributed by atoms with Crippen LogP contribution in [0.3, 0.4) is 0 Å². The van der Waals surface area contributed by atoms with Crippen molar-refractivity contribution in [2.24, 2.45) is 5.92 Å². The summed E-state index contributed by atoms with van der Waals surface area (Å²) in [6.07, 6.45) is 4.54. The van der Waals surface area contributed by atoms with Gasteiger partial charge in [-0.3, -0.25) is 0 Å². The first-order chi connectivity index (χ1) is 5.52. The molecular formula is C10H21NO. The van der Waals surface area contributed by atoms with Crippen molar-refractivity contribution in [3.63, 3.8) is 0 Å². The second-order valence-corrected chi connectivity index (χ2v) is 4.54. The highest BCUT2D eigenvalue weighted by Gasteiger charge is 2.35. The molecule has 0 aromatic carbocycles. The lowest BCUT2D eigenvalue weighted by Gasteiger charge is -2.26. The second kappa shape index (κ2) is 3.75. The molecule has 0 unspecified atom stereocenters. The topological polar surface area (TPSA) is 23.5 Å². The van der Waals surface area contributed by atoms with Gasteiger partial charge in [0.15, 0.2) is 0 Å². The summed E-state index contributed by atoms with van der Waals surface area (Å²) in [4.78, 5) is 2.19. The van der Waals surface area contributed by atoms with Crippen LogP contribution in [0, 0.1) is 5.92 Å². The SMILES string of the molecule is CN(C)CC[C@@H]1CCC[C@@]1(C)O. The largest absolute Gasteiger partial charge is 0.390 e. The number of hydrogen-bond donors (Lipinski definition) is 1. The van der Waals surface area contributed by atoms with Crippen LogP contribution in [0.1, 0.15) is 32.6 Å². The van der Waals surface area contributed by atoms with Gasteiger partial charge in [0, 0.05) is 0 Å². The van der Waals surface area contributed by atoms with Gasteiger partial charge >= 0.3 is 0 Å². The molecule has 0 aromatic rings. The maximum Gasteiger partial charge on any atom is 0.0648 e. The van der Waals surface area contributed by atoms with Crippen molar-refractivity contribution in [1.29, 1.82) is 0 Å². The van der Waals surface area contributed by atoms with Crippen LogP contribution < -0.4 is 0 Å². The van der Waals surface area contributed by atoms with Crippen molar-refractivity contribution in [2.75, 3.05) is 20.6 Å². The molecule has 12 heavy (non-hydrogen) atoms. The summed E-state index contributed by atoms with van der Waals surface area (Å²) in [6.45, 7) is 3.08. The van der Waals surface area contributed by atoms with Crippen molar-refractivity contribution in [2.45, 2.75) is 38.2 Å². The Morgan fingerprint density at radius 1 is 1.50 bits per heavy atom. The lowest BCUT2D eigenvalue weighted by atomic mass is 9.90. The van der Waals surface area contributed by atoms with Crippen LogP contribution in [-0.2, 0) is 0 Å². The first-order valence-corrected chi connectivity index (χ1v) is 4.89. The Morgan fingerprint density at radius 2 is 2.17 bits per heavy atom. The lowest BCUT2D eigenvalue weighted by Crippen LogP contribution is -2.31. The van der Waals surface area contributed by atoms with Crippen molar-refractivity contribution < 1.29 is 5.11 Å². The molecule has 0 spiro atoms. The summed E-state index contributed by atoms with van der Waals surface area (Å²) in [5.41, 5.74) is -0.379. The molecule has 1 saturated carbocycles. The van der Waals surface area contributed by atoms with Crippen LogP contribution in [0.4, 0.5) is 0 Å². The highest BCUT2D eigenvalue weighted by atomic mass is 16.3. The predicted octanol–water partition coefficient (Wildman–Crippen LogP) is 1.49. The summed E-state index contributed by atoms with van der Waals surface area (Å²) in [5.74, 6) is 0.528. The van der Waals surface area contributed by atoms with Crippen molar-refractivity contribution in [3.05, 3.63) is 0 Å². The maximum atomic E-state index is 9.95. The fourth-order valence-electron chi connectivity index (χ4n) is 2.09. The quantitative estimate of drug-likeness (QED) is 0.695.